The number of thioether (sulfide) groups is 1. The van der Waals surface area contributed by atoms with Crippen LogP contribution >= 0.6 is 24.0 Å². The Labute approximate surface area is 115 Å². The van der Waals surface area contributed by atoms with Crippen LogP contribution in [0.1, 0.15) is 12.0 Å². The van der Waals surface area contributed by atoms with Crippen molar-refractivity contribution in [1.29, 1.82) is 0 Å². The van der Waals surface area contributed by atoms with Gasteiger partial charge < -0.3 is 9.55 Å². The smallest absolute Gasteiger partial charge is 0.178 e. The zero-order valence-corrected chi connectivity index (χ0v) is 11.8. The Kier molecular flexibility index (Phi) is 3.20. The van der Waals surface area contributed by atoms with E-state index in [9.17, 15) is 4.39 Å². The van der Waals surface area contributed by atoms with Crippen molar-refractivity contribution in [2.24, 2.45) is 5.92 Å². The number of nitrogens with zero attached hydrogens (tertiary/aromatic N) is 1. The first-order valence-electron chi connectivity index (χ1n) is 6.11. The van der Waals surface area contributed by atoms with Crippen molar-refractivity contribution in [3.63, 3.8) is 0 Å². The summed E-state index contributed by atoms with van der Waals surface area (Å²) in [6.07, 6.45) is 1.25. The van der Waals surface area contributed by atoms with Crippen molar-refractivity contribution in [3.8, 4) is 0 Å². The molecule has 2 nitrogen and oxygen atoms in total. The zero-order chi connectivity index (χ0) is 12.7. The Hall–Kier alpha value is -0.810. The van der Waals surface area contributed by atoms with Crippen LogP contribution in [0.4, 0.5) is 4.39 Å². The molecule has 1 N–H and O–H groups in total. The summed E-state index contributed by atoms with van der Waals surface area (Å²) in [4.78, 5) is 3.10. The molecule has 0 amide bonds. The minimum atomic E-state index is -0.178. The van der Waals surface area contributed by atoms with Crippen LogP contribution in [-0.2, 0) is 6.54 Å². The maximum atomic E-state index is 13.5. The monoisotopic (exact) mass is 282 g/mol. The van der Waals surface area contributed by atoms with Gasteiger partial charge in [0.15, 0.2) is 4.77 Å². The molecule has 1 aromatic heterocycles. The largest absolute Gasteiger partial charge is 0.330 e. The SMILES string of the molecule is Cc1cc2c(cc1F)[nH]c(=S)n2CC1CCSC1. The molecule has 0 spiro atoms. The Bertz CT molecular complexity index is 638. The van der Waals surface area contributed by atoms with Crippen molar-refractivity contribution in [2.75, 3.05) is 11.5 Å². The van der Waals surface area contributed by atoms with Gasteiger partial charge in [-0.25, -0.2) is 4.39 Å². The number of rotatable bonds is 2. The van der Waals surface area contributed by atoms with E-state index in [0.717, 1.165) is 17.6 Å². The summed E-state index contributed by atoms with van der Waals surface area (Å²) < 4.78 is 16.3. The van der Waals surface area contributed by atoms with Gasteiger partial charge in [-0.15, -0.1) is 0 Å². The van der Waals surface area contributed by atoms with Gasteiger partial charge >= 0.3 is 0 Å². The molecular weight excluding hydrogens is 267 g/mol. The summed E-state index contributed by atoms with van der Waals surface area (Å²) in [6.45, 7) is 2.73. The third kappa shape index (κ3) is 2.10. The Balaban J connectivity index is 2.07. The lowest BCUT2D eigenvalue weighted by molar-refractivity contribution is 0.497. The van der Waals surface area contributed by atoms with Crippen molar-refractivity contribution < 1.29 is 4.39 Å². The molecule has 1 aliphatic heterocycles. The highest BCUT2D eigenvalue weighted by Crippen LogP contribution is 2.27. The van der Waals surface area contributed by atoms with Gasteiger partial charge in [0.1, 0.15) is 5.82 Å². The van der Waals surface area contributed by atoms with E-state index in [-0.39, 0.29) is 5.82 Å². The lowest BCUT2D eigenvalue weighted by Gasteiger charge is -2.10. The second-order valence-corrected chi connectivity index (χ2v) is 6.43. The Morgan fingerprint density at radius 2 is 2.39 bits per heavy atom. The predicted octanol–water partition coefficient (Wildman–Crippen LogP) is 3.90. The summed E-state index contributed by atoms with van der Waals surface area (Å²) in [6, 6.07) is 3.43. The molecule has 0 saturated carbocycles. The second-order valence-electron chi connectivity index (χ2n) is 4.89. The second kappa shape index (κ2) is 4.70. The maximum Gasteiger partial charge on any atom is 0.178 e. The summed E-state index contributed by atoms with van der Waals surface area (Å²) in [5, 5.41) is 0. The summed E-state index contributed by atoms with van der Waals surface area (Å²) in [7, 11) is 0. The van der Waals surface area contributed by atoms with Crippen molar-refractivity contribution >= 4 is 35.0 Å². The number of H-pyrrole nitrogens is 1. The van der Waals surface area contributed by atoms with E-state index in [1.807, 2.05) is 17.8 Å². The first kappa shape index (κ1) is 12.2. The zero-order valence-electron chi connectivity index (χ0n) is 10.2. The Morgan fingerprint density at radius 3 is 3.11 bits per heavy atom. The summed E-state index contributed by atoms with van der Waals surface area (Å²) >= 11 is 7.36. The number of hydrogen-bond acceptors (Lipinski definition) is 2. The minimum Gasteiger partial charge on any atom is -0.330 e. The van der Waals surface area contributed by atoms with E-state index in [2.05, 4.69) is 9.55 Å². The highest BCUT2D eigenvalue weighted by atomic mass is 32.2. The molecule has 18 heavy (non-hydrogen) atoms. The van der Waals surface area contributed by atoms with Crippen LogP contribution in [0, 0.1) is 23.4 Å². The van der Waals surface area contributed by atoms with E-state index in [1.165, 1.54) is 17.9 Å². The van der Waals surface area contributed by atoms with Gasteiger partial charge in [0.2, 0.25) is 0 Å². The third-order valence-electron chi connectivity index (χ3n) is 3.52. The predicted molar refractivity (Wildman–Crippen MR) is 77.2 cm³/mol. The molecule has 0 aliphatic carbocycles. The van der Waals surface area contributed by atoms with Crippen LogP contribution in [0.3, 0.4) is 0 Å². The van der Waals surface area contributed by atoms with Gasteiger partial charge in [-0.3, -0.25) is 0 Å². The number of nitrogens with one attached hydrogen (secondary N) is 1. The molecule has 1 unspecified atom stereocenters. The molecule has 0 bridgehead atoms. The fourth-order valence-electron chi connectivity index (χ4n) is 2.45. The van der Waals surface area contributed by atoms with Crippen LogP contribution < -0.4 is 0 Å². The first-order valence-corrected chi connectivity index (χ1v) is 7.68. The van der Waals surface area contributed by atoms with Gasteiger partial charge in [0, 0.05) is 6.54 Å². The Morgan fingerprint density at radius 1 is 1.56 bits per heavy atom. The van der Waals surface area contributed by atoms with E-state index in [0.29, 0.717) is 16.3 Å². The highest BCUT2D eigenvalue weighted by Gasteiger charge is 2.18. The van der Waals surface area contributed by atoms with Gasteiger partial charge in [0.25, 0.3) is 0 Å². The van der Waals surface area contributed by atoms with Crippen LogP contribution in [0.2, 0.25) is 0 Å². The number of hydrogen-bond donors (Lipinski definition) is 1. The van der Waals surface area contributed by atoms with Crippen LogP contribution in [0.15, 0.2) is 12.1 Å². The van der Waals surface area contributed by atoms with Crippen molar-refractivity contribution in [2.45, 2.75) is 19.9 Å². The molecule has 5 heteroatoms. The molecule has 1 aliphatic rings. The molecule has 1 saturated heterocycles. The first-order chi connectivity index (χ1) is 8.65. The molecule has 2 heterocycles. The van der Waals surface area contributed by atoms with Crippen LogP contribution in [0.25, 0.3) is 11.0 Å². The lowest BCUT2D eigenvalue weighted by Crippen LogP contribution is -2.10. The van der Waals surface area contributed by atoms with Crippen LogP contribution in [0.5, 0.6) is 0 Å². The van der Waals surface area contributed by atoms with Crippen LogP contribution in [-0.4, -0.2) is 21.1 Å². The van der Waals surface area contributed by atoms with E-state index >= 15 is 0 Å². The average Bonchev–Trinajstić information content (AvgIpc) is 2.92. The normalized spacial score (nSPS) is 19.8. The third-order valence-corrected chi connectivity index (χ3v) is 5.07. The van der Waals surface area contributed by atoms with Gasteiger partial charge in [0.05, 0.1) is 11.0 Å². The number of imidazole rings is 1. The molecule has 96 valence electrons. The summed E-state index contributed by atoms with van der Waals surface area (Å²) in [5.41, 5.74) is 2.50. The number of halogens is 1. The van der Waals surface area contributed by atoms with Gasteiger partial charge in [-0.2, -0.15) is 11.8 Å². The van der Waals surface area contributed by atoms with Crippen molar-refractivity contribution in [1.82, 2.24) is 9.55 Å². The highest BCUT2D eigenvalue weighted by molar-refractivity contribution is 7.99. The average molecular weight is 282 g/mol. The number of aromatic amines is 1. The minimum absolute atomic E-state index is 0.178. The van der Waals surface area contributed by atoms with Crippen molar-refractivity contribution in [3.05, 3.63) is 28.3 Å². The quantitative estimate of drug-likeness (QED) is 0.843. The summed E-state index contributed by atoms with van der Waals surface area (Å²) in [5.74, 6) is 2.95. The number of benzene rings is 1. The molecule has 2 aromatic rings. The maximum absolute atomic E-state index is 13.5. The van der Waals surface area contributed by atoms with Gasteiger partial charge in [-0.05, 0) is 60.7 Å². The molecule has 1 atom stereocenters. The molecular formula is C13H15FN2S2. The fraction of sp³-hybridized carbons (Fsp3) is 0.462. The molecule has 3 rings (SSSR count). The van der Waals surface area contributed by atoms with Gasteiger partial charge in [-0.1, -0.05) is 0 Å². The van der Waals surface area contributed by atoms with E-state index < -0.39 is 0 Å². The lowest BCUT2D eigenvalue weighted by atomic mass is 10.1. The number of fused-ring (bicyclic) bond motifs is 1. The molecule has 1 aromatic carbocycles. The number of aryl methyl sites for hydroxylation is 1. The number of aromatic nitrogens is 2. The van der Waals surface area contributed by atoms with E-state index in [1.54, 1.807) is 13.0 Å². The van der Waals surface area contributed by atoms with E-state index in [4.69, 9.17) is 12.2 Å². The molecule has 0 radical (unpaired) electrons. The topological polar surface area (TPSA) is 20.7 Å². The standard InChI is InChI=1S/C13H15FN2S2/c1-8-4-12-11(5-10(8)14)15-13(17)16(12)6-9-2-3-18-7-9/h4-5,9H,2-3,6-7H2,1H3,(H,15,17). The fourth-order valence-corrected chi connectivity index (χ4v) is 4.00. The molecule has 1 fully saturated rings.